The van der Waals surface area contributed by atoms with Crippen molar-refractivity contribution in [2.75, 3.05) is 10.6 Å². The molecule has 200 valence electrons. The number of fused-ring (bicyclic) bond motifs is 1. The van der Waals surface area contributed by atoms with Crippen molar-refractivity contribution in [1.29, 1.82) is 0 Å². The lowest BCUT2D eigenvalue weighted by Gasteiger charge is -2.11. The van der Waals surface area contributed by atoms with Crippen molar-refractivity contribution in [3.8, 4) is 34.0 Å². The van der Waals surface area contributed by atoms with Crippen LogP contribution in [0, 0.1) is 5.82 Å². The van der Waals surface area contributed by atoms with Crippen LogP contribution in [0.5, 0.6) is 11.5 Å². The van der Waals surface area contributed by atoms with Gasteiger partial charge in [0, 0.05) is 47.9 Å². The quantitative estimate of drug-likeness (QED) is 0.193. The highest BCUT2D eigenvalue weighted by molar-refractivity contribution is 7.16. The van der Waals surface area contributed by atoms with Gasteiger partial charge in [-0.3, -0.25) is 14.8 Å². The molecule has 0 aliphatic heterocycles. The first-order valence-electron chi connectivity index (χ1n) is 12.4. The second-order valence-corrected chi connectivity index (χ2v) is 10.1. The summed E-state index contributed by atoms with van der Waals surface area (Å²) in [6, 6.07) is 12.9. The standard InChI is InChI=1S/C28H23FN8O2S/c1-16(2)37-14-25(27(36-37)17-3-6-26-24(9-17)31-15-40-26)35-28(38)34-22-5-4-19(10-21(22)29)39-20-7-8-30-23(11-20)18-12-32-33-13-18/h3-16H,1-2H3,(H,32,33)(H2,34,35,38). The Balaban J connectivity index is 1.18. The van der Waals surface area contributed by atoms with Crippen molar-refractivity contribution >= 4 is 39.0 Å². The first-order valence-corrected chi connectivity index (χ1v) is 13.2. The van der Waals surface area contributed by atoms with E-state index >= 15 is 0 Å². The summed E-state index contributed by atoms with van der Waals surface area (Å²) in [7, 11) is 0. The number of halogens is 1. The highest BCUT2D eigenvalue weighted by atomic mass is 32.1. The van der Waals surface area contributed by atoms with Crippen molar-refractivity contribution in [1.82, 2.24) is 29.9 Å². The lowest BCUT2D eigenvalue weighted by atomic mass is 10.1. The number of hydrogen-bond acceptors (Lipinski definition) is 7. The van der Waals surface area contributed by atoms with Crippen LogP contribution in [-0.2, 0) is 0 Å². The predicted octanol–water partition coefficient (Wildman–Crippen LogP) is 7.10. The fourth-order valence-corrected chi connectivity index (χ4v) is 4.72. The number of H-pyrrole nitrogens is 1. The molecule has 0 bridgehead atoms. The third kappa shape index (κ3) is 5.24. The predicted molar refractivity (Wildman–Crippen MR) is 152 cm³/mol. The smallest absolute Gasteiger partial charge is 0.323 e. The van der Waals surface area contributed by atoms with Crippen LogP contribution in [0.25, 0.3) is 32.7 Å². The molecule has 12 heteroatoms. The number of hydrogen-bond donors (Lipinski definition) is 3. The minimum atomic E-state index is -0.649. The fraction of sp³-hybridized carbons (Fsp3) is 0.107. The third-order valence-corrected chi connectivity index (χ3v) is 6.87. The molecule has 4 heterocycles. The minimum absolute atomic E-state index is 0.000332. The van der Waals surface area contributed by atoms with Crippen LogP contribution in [0.4, 0.5) is 20.6 Å². The van der Waals surface area contributed by atoms with Gasteiger partial charge >= 0.3 is 6.03 Å². The molecule has 0 saturated carbocycles. The van der Waals surface area contributed by atoms with Gasteiger partial charge in [0.25, 0.3) is 0 Å². The summed E-state index contributed by atoms with van der Waals surface area (Å²) in [6.07, 6.45) is 6.71. The van der Waals surface area contributed by atoms with Gasteiger partial charge in [0.15, 0.2) is 0 Å². The molecule has 3 N–H and O–H groups in total. The number of carbonyl (C=O) groups is 1. The van der Waals surface area contributed by atoms with E-state index in [1.54, 1.807) is 64.5 Å². The van der Waals surface area contributed by atoms with E-state index < -0.39 is 11.8 Å². The van der Waals surface area contributed by atoms with Crippen molar-refractivity contribution in [3.63, 3.8) is 0 Å². The zero-order chi connectivity index (χ0) is 27.6. The maximum atomic E-state index is 15.0. The molecule has 0 aliphatic carbocycles. The van der Waals surface area contributed by atoms with Gasteiger partial charge < -0.3 is 15.4 Å². The zero-order valence-corrected chi connectivity index (χ0v) is 22.2. The first-order chi connectivity index (χ1) is 19.4. The number of pyridine rings is 1. The summed E-state index contributed by atoms with van der Waals surface area (Å²) in [5.41, 5.74) is 6.00. The summed E-state index contributed by atoms with van der Waals surface area (Å²) in [5.74, 6) is 0.101. The van der Waals surface area contributed by atoms with Crippen LogP contribution < -0.4 is 15.4 Å². The van der Waals surface area contributed by atoms with E-state index in [1.807, 2.05) is 32.0 Å². The highest BCUT2D eigenvalue weighted by Gasteiger charge is 2.17. The summed E-state index contributed by atoms with van der Waals surface area (Å²) >= 11 is 1.55. The lowest BCUT2D eigenvalue weighted by molar-refractivity contribution is 0.262. The second kappa shape index (κ2) is 10.6. The topological polar surface area (TPSA) is 123 Å². The number of urea groups is 1. The zero-order valence-electron chi connectivity index (χ0n) is 21.4. The Labute approximate surface area is 231 Å². The average Bonchev–Trinajstić information content (AvgIpc) is 3.71. The number of thiazole rings is 1. The molecule has 0 fully saturated rings. The van der Waals surface area contributed by atoms with E-state index in [9.17, 15) is 9.18 Å². The molecule has 0 unspecified atom stereocenters. The van der Waals surface area contributed by atoms with E-state index in [0.717, 1.165) is 21.3 Å². The third-order valence-electron chi connectivity index (χ3n) is 6.06. The molecule has 0 aliphatic rings. The molecule has 4 aromatic heterocycles. The van der Waals surface area contributed by atoms with Gasteiger partial charge in [0.05, 0.1) is 39.0 Å². The molecule has 6 aromatic rings. The lowest BCUT2D eigenvalue weighted by Crippen LogP contribution is -2.20. The van der Waals surface area contributed by atoms with E-state index in [4.69, 9.17) is 4.74 Å². The van der Waals surface area contributed by atoms with E-state index in [1.165, 1.54) is 12.1 Å². The number of nitrogens with one attached hydrogen (secondary N) is 3. The minimum Gasteiger partial charge on any atom is -0.457 e. The second-order valence-electron chi connectivity index (χ2n) is 9.19. The Hall–Kier alpha value is -5.10. The number of rotatable bonds is 7. The number of carbonyl (C=O) groups excluding carboxylic acids is 1. The number of anilines is 2. The maximum absolute atomic E-state index is 15.0. The number of benzene rings is 2. The van der Waals surface area contributed by atoms with Gasteiger partial charge in [0.2, 0.25) is 0 Å². The molecular weight excluding hydrogens is 531 g/mol. The van der Waals surface area contributed by atoms with Crippen LogP contribution in [0.1, 0.15) is 19.9 Å². The van der Waals surface area contributed by atoms with Crippen molar-refractivity contribution in [2.45, 2.75) is 19.9 Å². The van der Waals surface area contributed by atoms with Crippen molar-refractivity contribution in [2.24, 2.45) is 0 Å². The molecule has 2 amide bonds. The van der Waals surface area contributed by atoms with Gasteiger partial charge in [-0.2, -0.15) is 10.2 Å². The molecule has 6 rings (SSSR count). The Bertz CT molecular complexity index is 1810. The normalized spacial score (nSPS) is 11.2. The largest absolute Gasteiger partial charge is 0.457 e. The fourth-order valence-electron chi connectivity index (χ4n) is 4.06. The highest BCUT2D eigenvalue weighted by Crippen LogP contribution is 2.32. The van der Waals surface area contributed by atoms with Gasteiger partial charge in [-0.1, -0.05) is 6.07 Å². The Kier molecular flexibility index (Phi) is 6.66. The Morgan fingerprint density at radius 2 is 1.88 bits per heavy atom. The Morgan fingerprint density at radius 1 is 1.02 bits per heavy atom. The summed E-state index contributed by atoms with van der Waals surface area (Å²) in [4.78, 5) is 21.6. The molecule has 40 heavy (non-hydrogen) atoms. The van der Waals surface area contributed by atoms with Crippen LogP contribution in [0.15, 0.2) is 78.8 Å². The molecule has 0 spiro atoms. The van der Waals surface area contributed by atoms with E-state index in [-0.39, 0.29) is 17.5 Å². The van der Waals surface area contributed by atoms with E-state index in [0.29, 0.717) is 22.8 Å². The van der Waals surface area contributed by atoms with Crippen LogP contribution in [0.2, 0.25) is 0 Å². The van der Waals surface area contributed by atoms with E-state index in [2.05, 4.69) is 35.9 Å². The first kappa shape index (κ1) is 25.2. The van der Waals surface area contributed by atoms with Gasteiger partial charge in [-0.25, -0.2) is 14.2 Å². The number of aromatic amines is 1. The summed E-state index contributed by atoms with van der Waals surface area (Å²) in [5, 5.41) is 16.7. The van der Waals surface area contributed by atoms with Gasteiger partial charge in [-0.05, 0) is 44.2 Å². The summed E-state index contributed by atoms with van der Waals surface area (Å²) in [6.45, 7) is 3.99. The molecule has 10 nitrogen and oxygen atoms in total. The maximum Gasteiger partial charge on any atom is 0.323 e. The summed E-state index contributed by atoms with van der Waals surface area (Å²) < 4.78 is 23.6. The van der Waals surface area contributed by atoms with Crippen molar-refractivity contribution < 1.29 is 13.9 Å². The molecule has 0 radical (unpaired) electrons. The van der Waals surface area contributed by atoms with Crippen LogP contribution in [-0.4, -0.2) is 36.0 Å². The number of nitrogens with zero attached hydrogens (tertiary/aromatic N) is 5. The van der Waals surface area contributed by atoms with Gasteiger partial charge in [-0.15, -0.1) is 11.3 Å². The monoisotopic (exact) mass is 554 g/mol. The average molecular weight is 555 g/mol. The van der Waals surface area contributed by atoms with Crippen LogP contribution in [0.3, 0.4) is 0 Å². The number of amides is 2. The van der Waals surface area contributed by atoms with Crippen molar-refractivity contribution in [3.05, 3.63) is 84.6 Å². The molecule has 0 atom stereocenters. The number of aromatic nitrogens is 6. The molecule has 2 aromatic carbocycles. The molecular formula is C28H23FN8O2S. The SMILES string of the molecule is CC(C)n1cc(NC(=O)Nc2ccc(Oc3ccnc(-c4cn[nH]c4)c3)cc2F)c(-c2ccc3scnc3c2)n1. The number of ether oxygens (including phenoxy) is 1. The van der Waals surface area contributed by atoms with Gasteiger partial charge in [0.1, 0.15) is 23.0 Å². The Morgan fingerprint density at radius 3 is 2.67 bits per heavy atom. The van der Waals surface area contributed by atoms with Crippen LogP contribution >= 0.6 is 11.3 Å². The molecule has 0 saturated heterocycles.